The number of carbonyl (C=O) groups is 3. The maximum Gasteiger partial charge on any atom is 0.306 e. The predicted octanol–water partition coefficient (Wildman–Crippen LogP) is 22.1. The first-order valence-electron chi connectivity index (χ1n) is 32.4. The van der Waals surface area contributed by atoms with Gasteiger partial charge < -0.3 is 14.2 Å². The molecule has 0 radical (unpaired) electrons. The van der Waals surface area contributed by atoms with Crippen LogP contribution in [0.2, 0.25) is 0 Å². The molecule has 0 rings (SSSR count). The zero-order valence-electron chi connectivity index (χ0n) is 49.8. The summed E-state index contributed by atoms with van der Waals surface area (Å²) in [6, 6.07) is 0. The minimum absolute atomic E-state index is 0.0710. The van der Waals surface area contributed by atoms with Crippen molar-refractivity contribution in [1.29, 1.82) is 0 Å². The molecule has 1 atom stereocenters. The Hall–Kier alpha value is -3.15. The molecular formula is C69H122O6. The van der Waals surface area contributed by atoms with Crippen LogP contribution in [0.4, 0.5) is 0 Å². The molecule has 0 N–H and O–H groups in total. The lowest BCUT2D eigenvalue weighted by molar-refractivity contribution is -0.167. The van der Waals surface area contributed by atoms with Crippen molar-refractivity contribution < 1.29 is 28.6 Å². The van der Waals surface area contributed by atoms with E-state index in [1.807, 2.05) is 0 Å². The summed E-state index contributed by atoms with van der Waals surface area (Å²) in [7, 11) is 0. The molecule has 0 fully saturated rings. The quantitative estimate of drug-likeness (QED) is 0.0261. The highest BCUT2D eigenvalue weighted by molar-refractivity contribution is 5.71. The summed E-state index contributed by atoms with van der Waals surface area (Å²) in [5.41, 5.74) is 0. The van der Waals surface area contributed by atoms with E-state index >= 15 is 0 Å². The Labute approximate surface area is 465 Å². The van der Waals surface area contributed by atoms with Gasteiger partial charge in [-0.25, -0.2) is 0 Å². The smallest absolute Gasteiger partial charge is 0.306 e. The second-order valence-corrected chi connectivity index (χ2v) is 21.7. The fourth-order valence-electron chi connectivity index (χ4n) is 9.39. The van der Waals surface area contributed by atoms with Crippen molar-refractivity contribution in [3.63, 3.8) is 0 Å². The zero-order valence-corrected chi connectivity index (χ0v) is 49.8. The minimum atomic E-state index is -0.773. The van der Waals surface area contributed by atoms with Gasteiger partial charge in [0.2, 0.25) is 0 Å². The fraction of sp³-hybridized carbons (Fsp3) is 0.783. The van der Waals surface area contributed by atoms with Gasteiger partial charge in [0.15, 0.2) is 6.10 Å². The zero-order chi connectivity index (χ0) is 54.3. The highest BCUT2D eigenvalue weighted by Gasteiger charge is 2.19. The Balaban J connectivity index is 4.22. The number of hydrogen-bond donors (Lipinski definition) is 0. The molecule has 0 aliphatic rings. The standard InChI is InChI=1S/C69H122O6/c1-4-7-10-13-16-19-22-24-26-28-29-30-31-32-33-34-35-36-37-38-39-41-42-44-47-50-53-56-59-62-68(71)74-65-66(64-73-67(70)61-58-55-52-49-46-21-18-15-12-9-6-3)75-69(72)63-60-57-54-51-48-45-43-40-27-25-23-20-17-14-11-8-5-2/h7,10,16,19,24,26,29-30,32-33,35-36,66H,4-6,8-9,11-15,17-18,20-23,25,27-28,31,34,37-65H2,1-3H3/b10-7-,19-16-,26-24-,30-29-,33-32-,36-35-. The van der Waals surface area contributed by atoms with Gasteiger partial charge in [-0.3, -0.25) is 14.4 Å². The molecule has 0 saturated carbocycles. The summed E-state index contributed by atoms with van der Waals surface area (Å²) in [6.45, 7) is 6.56. The van der Waals surface area contributed by atoms with E-state index in [4.69, 9.17) is 14.2 Å². The van der Waals surface area contributed by atoms with Crippen LogP contribution in [0.5, 0.6) is 0 Å². The molecule has 0 spiro atoms. The maximum absolute atomic E-state index is 12.9. The third-order valence-corrected chi connectivity index (χ3v) is 14.2. The van der Waals surface area contributed by atoms with E-state index < -0.39 is 6.10 Å². The summed E-state index contributed by atoms with van der Waals surface area (Å²) in [5, 5.41) is 0. The van der Waals surface area contributed by atoms with E-state index in [9.17, 15) is 14.4 Å². The molecular weight excluding hydrogens is 925 g/mol. The first-order chi connectivity index (χ1) is 37.0. The summed E-state index contributed by atoms with van der Waals surface area (Å²) < 4.78 is 16.9. The lowest BCUT2D eigenvalue weighted by atomic mass is 10.0. The largest absolute Gasteiger partial charge is 0.462 e. The van der Waals surface area contributed by atoms with Crippen LogP contribution in [-0.2, 0) is 28.6 Å². The van der Waals surface area contributed by atoms with Gasteiger partial charge in [0.25, 0.3) is 0 Å². The lowest BCUT2D eigenvalue weighted by Gasteiger charge is -2.18. The Bertz CT molecular complexity index is 1390. The van der Waals surface area contributed by atoms with Crippen LogP contribution >= 0.6 is 0 Å². The van der Waals surface area contributed by atoms with Crippen molar-refractivity contribution in [2.75, 3.05) is 13.2 Å². The van der Waals surface area contributed by atoms with Crippen molar-refractivity contribution in [1.82, 2.24) is 0 Å². The van der Waals surface area contributed by atoms with Gasteiger partial charge in [-0.2, -0.15) is 0 Å². The molecule has 6 heteroatoms. The van der Waals surface area contributed by atoms with E-state index in [0.29, 0.717) is 19.3 Å². The van der Waals surface area contributed by atoms with Gasteiger partial charge in [-0.05, 0) is 70.6 Å². The number of esters is 3. The molecule has 0 aliphatic heterocycles. The Morgan fingerprint density at radius 1 is 0.280 bits per heavy atom. The van der Waals surface area contributed by atoms with Crippen molar-refractivity contribution in [3.8, 4) is 0 Å². The average molecular weight is 1050 g/mol. The van der Waals surface area contributed by atoms with Crippen LogP contribution in [0.3, 0.4) is 0 Å². The van der Waals surface area contributed by atoms with Gasteiger partial charge in [0.05, 0.1) is 0 Å². The van der Waals surface area contributed by atoms with E-state index in [1.165, 1.54) is 193 Å². The van der Waals surface area contributed by atoms with Gasteiger partial charge >= 0.3 is 17.9 Å². The van der Waals surface area contributed by atoms with Gasteiger partial charge in [-0.15, -0.1) is 0 Å². The molecule has 0 aromatic rings. The lowest BCUT2D eigenvalue weighted by Crippen LogP contribution is -2.30. The normalized spacial score (nSPS) is 12.5. The van der Waals surface area contributed by atoms with E-state index in [-0.39, 0.29) is 31.1 Å². The van der Waals surface area contributed by atoms with Crippen LogP contribution in [-0.4, -0.2) is 37.2 Å². The van der Waals surface area contributed by atoms with Crippen LogP contribution < -0.4 is 0 Å². The highest BCUT2D eigenvalue weighted by Crippen LogP contribution is 2.17. The van der Waals surface area contributed by atoms with Crippen molar-refractivity contribution in [2.24, 2.45) is 0 Å². The number of rotatable bonds is 59. The predicted molar refractivity (Wildman–Crippen MR) is 325 cm³/mol. The molecule has 0 amide bonds. The molecule has 1 unspecified atom stereocenters. The molecule has 6 nitrogen and oxygen atoms in total. The minimum Gasteiger partial charge on any atom is -0.462 e. The number of ether oxygens (including phenoxy) is 3. The van der Waals surface area contributed by atoms with Crippen LogP contribution in [0.15, 0.2) is 72.9 Å². The number of unbranched alkanes of at least 4 members (excludes halogenated alkanes) is 36. The van der Waals surface area contributed by atoms with Crippen LogP contribution in [0.25, 0.3) is 0 Å². The Kier molecular flexibility index (Phi) is 60.7. The van der Waals surface area contributed by atoms with Crippen molar-refractivity contribution in [2.45, 2.75) is 335 Å². The maximum atomic E-state index is 12.9. The molecule has 0 heterocycles. The molecule has 0 saturated heterocycles. The fourth-order valence-corrected chi connectivity index (χ4v) is 9.39. The van der Waals surface area contributed by atoms with Crippen LogP contribution in [0.1, 0.15) is 329 Å². The van der Waals surface area contributed by atoms with Crippen molar-refractivity contribution >= 4 is 17.9 Å². The second kappa shape index (κ2) is 63.4. The molecule has 0 bridgehead atoms. The van der Waals surface area contributed by atoms with Gasteiger partial charge in [0.1, 0.15) is 13.2 Å². The van der Waals surface area contributed by atoms with Gasteiger partial charge in [0, 0.05) is 19.3 Å². The first-order valence-corrected chi connectivity index (χ1v) is 32.4. The summed E-state index contributed by atoms with van der Waals surface area (Å²) >= 11 is 0. The number of carbonyl (C=O) groups excluding carboxylic acids is 3. The summed E-state index contributed by atoms with van der Waals surface area (Å²) in [4.78, 5) is 38.2. The van der Waals surface area contributed by atoms with E-state index in [1.54, 1.807) is 0 Å². The molecule has 434 valence electrons. The van der Waals surface area contributed by atoms with Crippen molar-refractivity contribution in [3.05, 3.63) is 72.9 Å². The van der Waals surface area contributed by atoms with Crippen LogP contribution in [0, 0.1) is 0 Å². The number of hydrogen-bond acceptors (Lipinski definition) is 6. The summed E-state index contributed by atoms with van der Waals surface area (Å²) in [6.07, 6.45) is 82.0. The SMILES string of the molecule is CC/C=C\C/C=C\C/C=C\C/C=C\C/C=C\C/C=C\CCCCCCCCCCCCC(=O)OCC(COC(=O)CCCCCCCCCCCCC)OC(=O)CCCCCCCCCCCCCCCCCCC. The Morgan fingerprint density at radius 3 is 0.813 bits per heavy atom. The average Bonchev–Trinajstić information content (AvgIpc) is 3.41. The Morgan fingerprint density at radius 2 is 0.520 bits per heavy atom. The highest BCUT2D eigenvalue weighted by atomic mass is 16.6. The van der Waals surface area contributed by atoms with E-state index in [2.05, 4.69) is 93.7 Å². The van der Waals surface area contributed by atoms with Gasteiger partial charge in [-0.1, -0.05) is 312 Å². The third-order valence-electron chi connectivity index (χ3n) is 14.2. The van der Waals surface area contributed by atoms with E-state index in [0.717, 1.165) is 96.3 Å². The molecule has 0 aromatic carbocycles. The topological polar surface area (TPSA) is 78.9 Å². The third kappa shape index (κ3) is 61.6. The number of allylic oxidation sites excluding steroid dienone is 12. The monoisotopic (exact) mass is 1050 g/mol. The molecule has 75 heavy (non-hydrogen) atoms. The molecule has 0 aliphatic carbocycles. The summed E-state index contributed by atoms with van der Waals surface area (Å²) in [5.74, 6) is -0.858. The first kappa shape index (κ1) is 71.8. The second-order valence-electron chi connectivity index (χ2n) is 21.7. The molecule has 0 aromatic heterocycles.